The van der Waals surface area contributed by atoms with Crippen LogP contribution in [-0.2, 0) is 14.2 Å². The molecule has 2 aromatic carbocycles. The molecule has 5 nitrogen and oxygen atoms in total. The molecule has 154 valence electrons. The van der Waals surface area contributed by atoms with Crippen molar-refractivity contribution >= 4 is 5.69 Å². The third-order valence-corrected chi connectivity index (χ3v) is 6.07. The minimum atomic E-state index is 0.277. The third kappa shape index (κ3) is 4.71. The molecular weight excluding hydrogens is 376 g/mol. The predicted octanol–water partition coefficient (Wildman–Crippen LogP) is 5.50. The molecule has 1 atom stereocenters. The van der Waals surface area contributed by atoms with E-state index < -0.39 is 0 Å². The monoisotopic (exact) mass is 402 g/mol. The van der Waals surface area contributed by atoms with Gasteiger partial charge in [0.2, 0.25) is 5.69 Å². The van der Waals surface area contributed by atoms with Crippen molar-refractivity contribution in [3.63, 3.8) is 0 Å². The lowest BCUT2D eigenvalue weighted by Crippen LogP contribution is -2.22. The van der Waals surface area contributed by atoms with Crippen molar-refractivity contribution in [1.29, 1.82) is 5.26 Å². The Balaban J connectivity index is 1.36. The summed E-state index contributed by atoms with van der Waals surface area (Å²) in [5, 5.41) is 9.42. The molecule has 30 heavy (non-hydrogen) atoms. The van der Waals surface area contributed by atoms with Crippen molar-refractivity contribution in [2.24, 2.45) is 0 Å². The van der Waals surface area contributed by atoms with E-state index in [-0.39, 0.29) is 12.2 Å². The van der Waals surface area contributed by atoms with E-state index in [0.29, 0.717) is 30.6 Å². The summed E-state index contributed by atoms with van der Waals surface area (Å²) in [7, 11) is 0. The van der Waals surface area contributed by atoms with Crippen LogP contribution in [0.2, 0.25) is 0 Å². The fraction of sp³-hybridized carbons (Fsp3) is 0.440. The van der Waals surface area contributed by atoms with Gasteiger partial charge in [0, 0.05) is 0 Å². The number of hydrogen-bond acceptors (Lipinski definition) is 4. The summed E-state index contributed by atoms with van der Waals surface area (Å²) in [4.78, 5) is 3.64. The number of rotatable bonds is 7. The Kier molecular flexibility index (Phi) is 6.45. The van der Waals surface area contributed by atoms with Crippen LogP contribution in [0.15, 0.2) is 36.4 Å². The molecule has 1 saturated carbocycles. The summed E-state index contributed by atoms with van der Waals surface area (Å²) < 4.78 is 16.4. The van der Waals surface area contributed by atoms with E-state index in [1.165, 1.54) is 5.56 Å². The van der Waals surface area contributed by atoms with Crippen LogP contribution in [0.5, 0.6) is 0 Å². The van der Waals surface area contributed by atoms with Gasteiger partial charge in [-0.05, 0) is 60.8 Å². The smallest absolute Gasteiger partial charge is 0.212 e. The first-order valence-electron chi connectivity index (χ1n) is 10.5. The number of nitriles is 1. The van der Waals surface area contributed by atoms with Gasteiger partial charge in [-0.2, -0.15) is 5.26 Å². The highest BCUT2D eigenvalue weighted by molar-refractivity contribution is 5.83. The summed E-state index contributed by atoms with van der Waals surface area (Å²) in [6.07, 6.45) is 4.85. The Bertz CT molecular complexity index is 960. The molecule has 1 aliphatic carbocycles. The van der Waals surface area contributed by atoms with E-state index in [1.807, 2.05) is 19.1 Å². The van der Waals surface area contributed by atoms with Crippen LogP contribution in [0.4, 0.5) is 5.69 Å². The molecule has 0 aromatic heterocycles. The lowest BCUT2D eigenvalue weighted by molar-refractivity contribution is -0.102. The molecule has 1 unspecified atom stereocenters. The number of epoxide rings is 1. The third-order valence-electron chi connectivity index (χ3n) is 6.07. The van der Waals surface area contributed by atoms with Crippen molar-refractivity contribution < 1.29 is 14.2 Å². The van der Waals surface area contributed by atoms with Crippen LogP contribution in [0, 0.1) is 24.8 Å². The first kappa shape index (κ1) is 20.6. The summed E-state index contributed by atoms with van der Waals surface area (Å²) in [5.41, 5.74) is 4.89. The first-order chi connectivity index (χ1) is 14.7. The average Bonchev–Trinajstić information content (AvgIpc) is 3.61. The van der Waals surface area contributed by atoms with E-state index in [2.05, 4.69) is 35.2 Å². The quantitative estimate of drug-likeness (QED) is 0.266. The summed E-state index contributed by atoms with van der Waals surface area (Å²) in [6.45, 7) is 11.2. The van der Waals surface area contributed by atoms with Gasteiger partial charge in [0.05, 0.1) is 37.5 Å². The van der Waals surface area contributed by atoms with Crippen LogP contribution in [0.1, 0.15) is 48.3 Å². The number of aryl methyl sites for hydroxylation is 1. The van der Waals surface area contributed by atoms with E-state index in [9.17, 15) is 5.26 Å². The van der Waals surface area contributed by atoms with Crippen LogP contribution < -0.4 is 0 Å². The highest BCUT2D eigenvalue weighted by Crippen LogP contribution is 2.38. The fourth-order valence-corrected chi connectivity index (χ4v) is 4.17. The summed E-state index contributed by atoms with van der Waals surface area (Å²) in [6, 6.07) is 14.5. The molecule has 2 aliphatic rings. The number of benzene rings is 2. The van der Waals surface area contributed by atoms with Crippen molar-refractivity contribution in [2.75, 3.05) is 20.0 Å². The van der Waals surface area contributed by atoms with Gasteiger partial charge in [-0.3, -0.25) is 0 Å². The SMILES string of the molecule is [C-]#[N+]c1c(-c2ccc(C3CCC(OCOCC4CO4)CC3)cc2)ccc(C)c1C#N. The zero-order valence-corrected chi connectivity index (χ0v) is 17.3. The van der Waals surface area contributed by atoms with Gasteiger partial charge < -0.3 is 14.2 Å². The standard InChI is InChI=1S/C25H26N2O3/c1-17-3-12-23(25(27-2)24(17)13-26)20-6-4-18(5-7-20)19-8-10-21(11-9-19)30-16-28-14-22-15-29-22/h3-7,12,19,21-22H,8-11,14-16H2,1H3. The van der Waals surface area contributed by atoms with Gasteiger partial charge in [0.15, 0.2) is 0 Å². The Morgan fingerprint density at radius 2 is 1.87 bits per heavy atom. The first-order valence-corrected chi connectivity index (χ1v) is 10.5. The normalized spacial score (nSPS) is 22.8. The average molecular weight is 402 g/mol. The number of ether oxygens (including phenoxy) is 3. The Morgan fingerprint density at radius 3 is 2.50 bits per heavy atom. The lowest BCUT2D eigenvalue weighted by Gasteiger charge is -2.28. The molecule has 0 spiro atoms. The van der Waals surface area contributed by atoms with Gasteiger partial charge in [0.25, 0.3) is 0 Å². The zero-order valence-electron chi connectivity index (χ0n) is 17.3. The van der Waals surface area contributed by atoms with Gasteiger partial charge in [0.1, 0.15) is 12.9 Å². The van der Waals surface area contributed by atoms with E-state index in [1.54, 1.807) is 0 Å². The largest absolute Gasteiger partial charge is 0.371 e. The highest BCUT2D eigenvalue weighted by Gasteiger charge is 2.25. The van der Waals surface area contributed by atoms with Gasteiger partial charge in [-0.15, -0.1) is 0 Å². The molecule has 1 saturated heterocycles. The van der Waals surface area contributed by atoms with Crippen molar-refractivity contribution in [3.8, 4) is 17.2 Å². The summed E-state index contributed by atoms with van der Waals surface area (Å²) >= 11 is 0. The van der Waals surface area contributed by atoms with Gasteiger partial charge >= 0.3 is 0 Å². The van der Waals surface area contributed by atoms with Crippen LogP contribution in [0.25, 0.3) is 16.0 Å². The second kappa shape index (κ2) is 9.41. The van der Waals surface area contributed by atoms with Crippen molar-refractivity contribution in [3.05, 3.63) is 64.5 Å². The summed E-state index contributed by atoms with van der Waals surface area (Å²) in [5.74, 6) is 0.535. The molecule has 0 radical (unpaired) electrons. The Hall–Kier alpha value is -2.70. The van der Waals surface area contributed by atoms with E-state index >= 15 is 0 Å². The van der Waals surface area contributed by atoms with E-state index in [4.69, 9.17) is 20.8 Å². The van der Waals surface area contributed by atoms with Gasteiger partial charge in [-0.1, -0.05) is 36.4 Å². The number of hydrogen-bond donors (Lipinski definition) is 0. The van der Waals surface area contributed by atoms with Gasteiger partial charge in [-0.25, -0.2) is 4.85 Å². The molecular formula is C25H26N2O3. The maximum atomic E-state index is 9.42. The molecule has 4 rings (SSSR count). The molecule has 0 bridgehead atoms. The fourth-order valence-electron chi connectivity index (χ4n) is 4.17. The Labute approximate surface area is 178 Å². The van der Waals surface area contributed by atoms with E-state index in [0.717, 1.165) is 49.0 Å². The maximum Gasteiger partial charge on any atom is 0.212 e. The van der Waals surface area contributed by atoms with Crippen LogP contribution in [-0.4, -0.2) is 32.2 Å². The zero-order chi connectivity index (χ0) is 20.9. The van der Waals surface area contributed by atoms with Crippen molar-refractivity contribution in [2.45, 2.75) is 50.7 Å². The Morgan fingerprint density at radius 1 is 1.13 bits per heavy atom. The highest BCUT2D eigenvalue weighted by atomic mass is 16.7. The van der Waals surface area contributed by atoms with Crippen LogP contribution >= 0.6 is 0 Å². The minimum absolute atomic E-state index is 0.277. The maximum absolute atomic E-state index is 9.42. The van der Waals surface area contributed by atoms with Crippen molar-refractivity contribution in [1.82, 2.24) is 0 Å². The minimum Gasteiger partial charge on any atom is -0.371 e. The molecule has 1 heterocycles. The second-order valence-electron chi connectivity index (χ2n) is 8.08. The molecule has 2 fully saturated rings. The number of nitrogens with zero attached hydrogens (tertiary/aromatic N) is 2. The molecule has 0 N–H and O–H groups in total. The van der Waals surface area contributed by atoms with Crippen LogP contribution in [0.3, 0.4) is 0 Å². The second-order valence-corrected chi connectivity index (χ2v) is 8.08. The molecule has 0 amide bonds. The predicted molar refractivity (Wildman–Crippen MR) is 114 cm³/mol. The topological polar surface area (TPSA) is 59.1 Å². The lowest BCUT2D eigenvalue weighted by atomic mass is 9.82. The molecule has 1 aliphatic heterocycles. The molecule has 2 aromatic rings. The molecule has 5 heteroatoms.